The summed E-state index contributed by atoms with van der Waals surface area (Å²) in [6.07, 6.45) is 1.71. The Labute approximate surface area is 208 Å². The van der Waals surface area contributed by atoms with Gasteiger partial charge in [-0.1, -0.05) is 41.4 Å². The minimum Gasteiger partial charge on any atom is -0.493 e. The van der Waals surface area contributed by atoms with E-state index < -0.39 is 5.97 Å². The third kappa shape index (κ3) is 5.74. The zero-order valence-electron chi connectivity index (χ0n) is 16.7. The van der Waals surface area contributed by atoms with Crippen LogP contribution in [-0.4, -0.2) is 18.2 Å². The van der Waals surface area contributed by atoms with Gasteiger partial charge in [0.05, 0.1) is 37.9 Å². The molecule has 0 unspecified atom stereocenters. The molecule has 0 saturated heterocycles. The number of carbonyl (C=O) groups is 1. The van der Waals surface area contributed by atoms with Crippen LogP contribution in [0.15, 0.2) is 54.6 Å². The Balaban J connectivity index is 1.88. The summed E-state index contributed by atoms with van der Waals surface area (Å²) < 4.78 is 12.3. The lowest BCUT2D eigenvalue weighted by molar-refractivity contribution is 0.0697. The molecular weight excluding hydrogens is 564 g/mol. The Hall–Kier alpha value is -2.73. The van der Waals surface area contributed by atoms with E-state index in [2.05, 4.69) is 28.7 Å². The predicted octanol–water partition coefficient (Wildman–Crippen LogP) is 6.95. The molecule has 0 aliphatic rings. The Kier molecular flexibility index (Phi) is 8.02. The van der Waals surface area contributed by atoms with E-state index in [4.69, 9.17) is 37.8 Å². The van der Waals surface area contributed by atoms with Crippen LogP contribution in [-0.2, 0) is 6.61 Å². The summed E-state index contributed by atoms with van der Waals surface area (Å²) in [4.78, 5) is 11.0. The van der Waals surface area contributed by atoms with Gasteiger partial charge in [-0.3, -0.25) is 0 Å². The van der Waals surface area contributed by atoms with Crippen molar-refractivity contribution in [3.8, 4) is 17.6 Å². The molecule has 0 aliphatic carbocycles. The van der Waals surface area contributed by atoms with Crippen molar-refractivity contribution in [2.24, 2.45) is 0 Å². The van der Waals surface area contributed by atoms with Gasteiger partial charge in [-0.2, -0.15) is 5.26 Å². The number of rotatable bonds is 7. The molecule has 0 saturated carbocycles. The van der Waals surface area contributed by atoms with Crippen LogP contribution >= 0.6 is 45.8 Å². The van der Waals surface area contributed by atoms with Crippen molar-refractivity contribution in [3.05, 3.63) is 90.5 Å². The molecule has 3 aromatic carbocycles. The monoisotopic (exact) mass is 579 g/mol. The third-order valence-corrected chi connectivity index (χ3v) is 6.03. The van der Waals surface area contributed by atoms with E-state index in [1.807, 2.05) is 12.1 Å². The van der Waals surface area contributed by atoms with Crippen LogP contribution in [0.3, 0.4) is 0 Å². The van der Waals surface area contributed by atoms with Crippen LogP contribution in [0.2, 0.25) is 10.0 Å². The summed E-state index contributed by atoms with van der Waals surface area (Å²) in [5.74, 6) is 0.0668. The molecule has 162 valence electrons. The first kappa shape index (κ1) is 23.9. The number of carboxylic acid groups (broad SMARTS) is 1. The normalized spacial score (nSPS) is 11.0. The summed E-state index contributed by atoms with van der Waals surface area (Å²) in [7, 11) is 1.54. The van der Waals surface area contributed by atoms with Gasteiger partial charge >= 0.3 is 5.97 Å². The molecule has 0 radical (unpaired) electrons. The summed E-state index contributed by atoms with van der Waals surface area (Å²) in [5.41, 5.74) is 2.77. The van der Waals surface area contributed by atoms with Gasteiger partial charge in [-0.15, -0.1) is 0 Å². The number of carboxylic acids is 1. The van der Waals surface area contributed by atoms with Gasteiger partial charge in [0.2, 0.25) is 0 Å². The van der Waals surface area contributed by atoms with E-state index in [-0.39, 0.29) is 12.2 Å². The Morgan fingerprint density at radius 3 is 2.38 bits per heavy atom. The molecule has 0 fully saturated rings. The molecule has 0 heterocycles. The molecule has 8 heteroatoms. The smallest absolute Gasteiger partial charge is 0.335 e. The van der Waals surface area contributed by atoms with Gasteiger partial charge in [0.15, 0.2) is 11.5 Å². The molecule has 0 aliphatic heterocycles. The van der Waals surface area contributed by atoms with E-state index in [0.29, 0.717) is 32.7 Å². The fraction of sp³-hybridized carbons (Fsp3) is 0.0833. The number of halogens is 3. The number of hydrogen-bond acceptors (Lipinski definition) is 4. The maximum atomic E-state index is 11.0. The van der Waals surface area contributed by atoms with Crippen molar-refractivity contribution in [2.75, 3.05) is 7.11 Å². The van der Waals surface area contributed by atoms with Gasteiger partial charge in [0, 0.05) is 0 Å². The number of methoxy groups -OCH3 is 1. The number of aromatic carboxylic acids is 1. The number of allylic oxidation sites excluding steroid dienone is 1. The van der Waals surface area contributed by atoms with E-state index in [1.54, 1.807) is 43.5 Å². The van der Waals surface area contributed by atoms with E-state index >= 15 is 0 Å². The number of benzene rings is 3. The molecule has 3 aromatic rings. The van der Waals surface area contributed by atoms with Gasteiger partial charge < -0.3 is 14.6 Å². The molecule has 32 heavy (non-hydrogen) atoms. The highest BCUT2D eigenvalue weighted by Gasteiger charge is 2.13. The maximum absolute atomic E-state index is 11.0. The molecule has 0 bridgehead atoms. The summed E-state index contributed by atoms with van der Waals surface area (Å²) in [6.45, 7) is 0.276. The molecule has 1 N–H and O–H groups in total. The third-order valence-electron chi connectivity index (χ3n) is 4.49. The highest BCUT2D eigenvalue weighted by Crippen LogP contribution is 2.36. The summed E-state index contributed by atoms with van der Waals surface area (Å²) >= 11 is 14.2. The first-order valence-electron chi connectivity index (χ1n) is 9.22. The van der Waals surface area contributed by atoms with Crippen molar-refractivity contribution in [1.82, 2.24) is 0 Å². The van der Waals surface area contributed by atoms with Crippen LogP contribution in [0.5, 0.6) is 11.5 Å². The summed E-state index contributed by atoms with van der Waals surface area (Å²) in [6, 6.07) is 17.2. The standard InChI is InChI=1S/C24H16Cl2INO4/c1-31-22-11-15(8-18(12-28)16-3-5-17(6-4-16)24(29)30)10-21(27)23(22)32-13-14-2-7-19(25)20(26)9-14/h2-11H,13H2,1H3,(H,29,30)/b18-8-. The minimum atomic E-state index is -1.02. The van der Waals surface area contributed by atoms with Gasteiger partial charge in [0.1, 0.15) is 6.61 Å². The Bertz CT molecular complexity index is 1230. The lowest BCUT2D eigenvalue weighted by atomic mass is 10.0. The zero-order valence-corrected chi connectivity index (χ0v) is 20.4. The predicted molar refractivity (Wildman–Crippen MR) is 133 cm³/mol. The van der Waals surface area contributed by atoms with Crippen LogP contribution in [0.1, 0.15) is 27.0 Å². The first-order chi connectivity index (χ1) is 15.3. The highest BCUT2D eigenvalue weighted by molar-refractivity contribution is 14.1. The molecule has 0 atom stereocenters. The number of nitrogens with zero attached hydrogens (tertiary/aromatic N) is 1. The fourth-order valence-corrected chi connectivity index (χ4v) is 3.99. The molecule has 0 spiro atoms. The van der Waals surface area contributed by atoms with Gasteiger partial charge in [0.25, 0.3) is 0 Å². The largest absolute Gasteiger partial charge is 0.493 e. The van der Waals surface area contributed by atoms with Crippen molar-refractivity contribution >= 4 is 63.4 Å². The van der Waals surface area contributed by atoms with E-state index in [0.717, 1.165) is 14.7 Å². The maximum Gasteiger partial charge on any atom is 0.335 e. The molecule has 0 aromatic heterocycles. The molecular formula is C24H16Cl2INO4. The fourth-order valence-electron chi connectivity index (χ4n) is 2.89. The first-order valence-corrected chi connectivity index (χ1v) is 11.1. The SMILES string of the molecule is COc1cc(/C=C(/C#N)c2ccc(C(=O)O)cc2)cc(I)c1OCc1ccc(Cl)c(Cl)c1. The topological polar surface area (TPSA) is 79.5 Å². The average molecular weight is 580 g/mol. The van der Waals surface area contributed by atoms with Crippen molar-refractivity contribution in [2.45, 2.75) is 6.61 Å². The van der Waals surface area contributed by atoms with E-state index in [9.17, 15) is 10.1 Å². The van der Waals surface area contributed by atoms with Crippen LogP contribution in [0.4, 0.5) is 0 Å². The molecule has 5 nitrogen and oxygen atoms in total. The Morgan fingerprint density at radius 1 is 1.09 bits per heavy atom. The Morgan fingerprint density at radius 2 is 1.78 bits per heavy atom. The van der Waals surface area contributed by atoms with Crippen LogP contribution < -0.4 is 9.47 Å². The van der Waals surface area contributed by atoms with Crippen molar-refractivity contribution in [1.29, 1.82) is 5.26 Å². The second kappa shape index (κ2) is 10.7. The molecule has 3 rings (SSSR count). The van der Waals surface area contributed by atoms with Crippen LogP contribution in [0, 0.1) is 14.9 Å². The van der Waals surface area contributed by atoms with Gasteiger partial charge in [-0.05, 0) is 81.8 Å². The van der Waals surface area contributed by atoms with Crippen molar-refractivity contribution in [3.63, 3.8) is 0 Å². The second-order valence-electron chi connectivity index (χ2n) is 6.62. The highest BCUT2D eigenvalue weighted by atomic mass is 127. The van der Waals surface area contributed by atoms with Crippen molar-refractivity contribution < 1.29 is 19.4 Å². The second-order valence-corrected chi connectivity index (χ2v) is 8.60. The summed E-state index contributed by atoms with van der Waals surface area (Å²) in [5, 5.41) is 19.6. The lowest BCUT2D eigenvalue weighted by Crippen LogP contribution is -2.00. The van der Waals surface area contributed by atoms with Gasteiger partial charge in [-0.25, -0.2) is 4.79 Å². The van der Waals surface area contributed by atoms with Crippen LogP contribution in [0.25, 0.3) is 11.6 Å². The number of nitriles is 1. The average Bonchev–Trinajstić information content (AvgIpc) is 2.78. The number of ether oxygens (including phenoxy) is 2. The number of hydrogen-bond donors (Lipinski definition) is 1. The quantitative estimate of drug-likeness (QED) is 0.186. The minimum absolute atomic E-state index is 0.158. The lowest BCUT2D eigenvalue weighted by Gasteiger charge is -2.14. The van der Waals surface area contributed by atoms with E-state index in [1.165, 1.54) is 12.1 Å². The molecule has 0 amide bonds. The zero-order chi connectivity index (χ0) is 23.3.